The first-order chi connectivity index (χ1) is 10.6. The molecule has 0 radical (unpaired) electrons. The number of carbonyl (C=O) groups is 1. The lowest BCUT2D eigenvalue weighted by atomic mass is 10.0. The molecular weight excluding hydrogens is 304 g/mol. The maximum absolute atomic E-state index is 12.4. The normalized spacial score (nSPS) is 18.6. The number of halogens is 1. The standard InChI is InChI=1S/C15H19ClN4O2/c1-11-13(15(16)22-18-11)5-6-14(21)19-8-2-4-12(10-19)20-9-3-7-17-20/h3,7,9,12H,2,4-6,8,10H2,1H3/t12-/m1/s1. The molecule has 118 valence electrons. The van der Waals surface area contributed by atoms with Crippen molar-refractivity contribution >= 4 is 17.5 Å². The van der Waals surface area contributed by atoms with E-state index < -0.39 is 0 Å². The maximum atomic E-state index is 12.4. The number of nitrogens with zero attached hydrogens (tertiary/aromatic N) is 4. The van der Waals surface area contributed by atoms with Crippen molar-refractivity contribution in [3.63, 3.8) is 0 Å². The molecule has 0 N–H and O–H groups in total. The van der Waals surface area contributed by atoms with Gasteiger partial charge in [-0.3, -0.25) is 9.48 Å². The van der Waals surface area contributed by atoms with Gasteiger partial charge in [-0.25, -0.2) is 0 Å². The third-order valence-electron chi connectivity index (χ3n) is 4.17. The van der Waals surface area contributed by atoms with Crippen LogP contribution in [0.1, 0.15) is 36.6 Å². The van der Waals surface area contributed by atoms with E-state index in [1.807, 2.05) is 28.8 Å². The van der Waals surface area contributed by atoms with Crippen molar-refractivity contribution in [1.82, 2.24) is 19.8 Å². The molecule has 3 heterocycles. The summed E-state index contributed by atoms with van der Waals surface area (Å²) in [6.07, 6.45) is 6.78. The molecule has 0 aromatic carbocycles. The fourth-order valence-electron chi connectivity index (χ4n) is 2.92. The smallest absolute Gasteiger partial charge is 0.229 e. The van der Waals surface area contributed by atoms with Crippen molar-refractivity contribution < 1.29 is 9.32 Å². The van der Waals surface area contributed by atoms with E-state index in [2.05, 4.69) is 10.3 Å². The van der Waals surface area contributed by atoms with Gasteiger partial charge in [0.2, 0.25) is 11.1 Å². The molecule has 1 atom stereocenters. The molecule has 0 unspecified atom stereocenters. The van der Waals surface area contributed by atoms with Gasteiger partial charge in [0.15, 0.2) is 0 Å². The number of rotatable bonds is 4. The van der Waals surface area contributed by atoms with Gasteiger partial charge in [-0.05, 0) is 43.9 Å². The molecule has 0 aliphatic carbocycles. The van der Waals surface area contributed by atoms with Gasteiger partial charge in [0.25, 0.3) is 0 Å². The Bertz CT molecular complexity index is 619. The molecule has 22 heavy (non-hydrogen) atoms. The zero-order valence-corrected chi connectivity index (χ0v) is 13.3. The van der Waals surface area contributed by atoms with Crippen molar-refractivity contribution in [2.75, 3.05) is 13.1 Å². The number of piperidine rings is 1. The molecule has 6 nitrogen and oxygen atoms in total. The second kappa shape index (κ2) is 6.52. The molecule has 3 rings (SSSR count). The molecule has 0 saturated carbocycles. The highest BCUT2D eigenvalue weighted by molar-refractivity contribution is 6.29. The third-order valence-corrected chi connectivity index (χ3v) is 4.47. The van der Waals surface area contributed by atoms with Crippen LogP contribution in [0, 0.1) is 6.92 Å². The lowest BCUT2D eigenvalue weighted by Crippen LogP contribution is -2.40. The summed E-state index contributed by atoms with van der Waals surface area (Å²) < 4.78 is 6.86. The molecule has 0 bridgehead atoms. The Morgan fingerprint density at radius 1 is 1.55 bits per heavy atom. The molecule has 1 aliphatic rings. The molecule has 1 aliphatic heterocycles. The first-order valence-electron chi connectivity index (χ1n) is 7.52. The van der Waals surface area contributed by atoms with Crippen molar-refractivity contribution in [3.8, 4) is 0 Å². The zero-order valence-electron chi connectivity index (χ0n) is 12.5. The van der Waals surface area contributed by atoms with Crippen LogP contribution in [0.5, 0.6) is 0 Å². The van der Waals surface area contributed by atoms with E-state index >= 15 is 0 Å². The molecule has 1 amide bonds. The van der Waals surface area contributed by atoms with Gasteiger partial charge in [-0.1, -0.05) is 5.16 Å². The number of aromatic nitrogens is 3. The first kappa shape index (κ1) is 15.1. The Kier molecular flexibility index (Phi) is 4.47. The summed E-state index contributed by atoms with van der Waals surface area (Å²) >= 11 is 5.94. The van der Waals surface area contributed by atoms with E-state index in [1.54, 1.807) is 6.20 Å². The molecular formula is C15H19ClN4O2. The van der Waals surface area contributed by atoms with Crippen molar-refractivity contribution in [1.29, 1.82) is 0 Å². The number of amides is 1. The van der Waals surface area contributed by atoms with Crippen molar-refractivity contribution in [2.45, 2.75) is 38.6 Å². The van der Waals surface area contributed by atoms with Gasteiger partial charge in [0, 0.05) is 37.5 Å². The van der Waals surface area contributed by atoms with Gasteiger partial charge in [0.05, 0.1) is 11.7 Å². The average molecular weight is 323 g/mol. The highest BCUT2D eigenvalue weighted by atomic mass is 35.5. The Morgan fingerprint density at radius 3 is 3.09 bits per heavy atom. The van der Waals surface area contributed by atoms with Gasteiger partial charge < -0.3 is 9.42 Å². The molecule has 7 heteroatoms. The lowest BCUT2D eigenvalue weighted by Gasteiger charge is -2.33. The van der Waals surface area contributed by atoms with Gasteiger partial charge in [0.1, 0.15) is 0 Å². The summed E-state index contributed by atoms with van der Waals surface area (Å²) in [4.78, 5) is 14.4. The van der Waals surface area contributed by atoms with E-state index in [1.165, 1.54) is 0 Å². The van der Waals surface area contributed by atoms with E-state index in [0.29, 0.717) is 18.1 Å². The number of aryl methyl sites for hydroxylation is 1. The fraction of sp³-hybridized carbons (Fsp3) is 0.533. The van der Waals surface area contributed by atoms with Crippen LogP contribution in [0.4, 0.5) is 0 Å². The predicted molar refractivity (Wildman–Crippen MR) is 81.6 cm³/mol. The summed E-state index contributed by atoms with van der Waals surface area (Å²) in [7, 11) is 0. The maximum Gasteiger partial charge on any atom is 0.229 e. The summed E-state index contributed by atoms with van der Waals surface area (Å²) in [5.41, 5.74) is 1.58. The minimum atomic E-state index is 0.147. The Balaban J connectivity index is 1.58. The van der Waals surface area contributed by atoms with Crippen LogP contribution >= 0.6 is 11.6 Å². The average Bonchev–Trinajstić information content (AvgIpc) is 3.16. The molecule has 1 saturated heterocycles. The van der Waals surface area contributed by atoms with Crippen LogP contribution in [0.15, 0.2) is 23.0 Å². The van der Waals surface area contributed by atoms with Crippen LogP contribution in [0.2, 0.25) is 5.22 Å². The van der Waals surface area contributed by atoms with Crippen LogP contribution in [-0.2, 0) is 11.2 Å². The van der Waals surface area contributed by atoms with Crippen LogP contribution in [0.3, 0.4) is 0 Å². The van der Waals surface area contributed by atoms with Gasteiger partial charge in [-0.15, -0.1) is 0 Å². The monoisotopic (exact) mass is 322 g/mol. The number of hydrogen-bond acceptors (Lipinski definition) is 4. The van der Waals surface area contributed by atoms with E-state index in [4.69, 9.17) is 16.1 Å². The van der Waals surface area contributed by atoms with Crippen LogP contribution < -0.4 is 0 Å². The second-order valence-corrected chi connectivity index (χ2v) is 5.99. The Morgan fingerprint density at radius 2 is 2.41 bits per heavy atom. The Hall–Kier alpha value is -1.82. The molecule has 1 fully saturated rings. The summed E-state index contributed by atoms with van der Waals surface area (Å²) in [5, 5.41) is 8.38. The molecule has 2 aromatic rings. The van der Waals surface area contributed by atoms with Crippen molar-refractivity contribution in [3.05, 3.63) is 34.9 Å². The number of hydrogen-bond donors (Lipinski definition) is 0. The van der Waals surface area contributed by atoms with Crippen LogP contribution in [-0.4, -0.2) is 38.8 Å². The minimum absolute atomic E-state index is 0.147. The SMILES string of the molecule is Cc1noc(Cl)c1CCC(=O)N1CCC[C@@H](n2cccn2)C1. The quantitative estimate of drug-likeness (QED) is 0.868. The van der Waals surface area contributed by atoms with E-state index in [9.17, 15) is 4.79 Å². The molecule has 2 aromatic heterocycles. The van der Waals surface area contributed by atoms with Crippen LogP contribution in [0.25, 0.3) is 0 Å². The summed E-state index contributed by atoms with van der Waals surface area (Å²) in [6.45, 7) is 3.37. The largest absolute Gasteiger partial charge is 0.344 e. The topological polar surface area (TPSA) is 64.2 Å². The van der Waals surface area contributed by atoms with E-state index in [0.717, 1.165) is 37.2 Å². The van der Waals surface area contributed by atoms with Gasteiger partial charge >= 0.3 is 0 Å². The minimum Gasteiger partial charge on any atom is -0.344 e. The number of carbonyl (C=O) groups excluding carboxylic acids is 1. The number of likely N-dealkylation sites (tertiary alicyclic amines) is 1. The van der Waals surface area contributed by atoms with Gasteiger partial charge in [-0.2, -0.15) is 5.10 Å². The predicted octanol–water partition coefficient (Wildman–Crippen LogP) is 2.63. The summed E-state index contributed by atoms with van der Waals surface area (Å²) in [6, 6.07) is 2.19. The highest BCUT2D eigenvalue weighted by Crippen LogP contribution is 2.23. The Labute approximate surface area is 134 Å². The fourth-order valence-corrected chi connectivity index (χ4v) is 3.19. The highest BCUT2D eigenvalue weighted by Gasteiger charge is 2.25. The third kappa shape index (κ3) is 3.16. The lowest BCUT2D eigenvalue weighted by molar-refractivity contribution is -0.132. The summed E-state index contributed by atoms with van der Waals surface area (Å²) in [5.74, 6) is 0.147. The first-order valence-corrected chi connectivity index (χ1v) is 7.90. The van der Waals surface area contributed by atoms with E-state index in [-0.39, 0.29) is 11.9 Å². The second-order valence-electron chi connectivity index (χ2n) is 5.64. The van der Waals surface area contributed by atoms with Crippen molar-refractivity contribution in [2.24, 2.45) is 0 Å². The zero-order chi connectivity index (χ0) is 15.5. The molecule has 0 spiro atoms.